The van der Waals surface area contributed by atoms with Gasteiger partial charge in [-0.25, -0.2) is 0 Å². The molecule has 0 amide bonds. The lowest BCUT2D eigenvalue weighted by atomic mass is 9.81. The summed E-state index contributed by atoms with van der Waals surface area (Å²) in [5.41, 5.74) is 1.39. The van der Waals surface area contributed by atoms with E-state index in [0.717, 1.165) is 11.8 Å². The number of nitrogens with one attached hydrogen (secondary N) is 1. The fraction of sp³-hybridized carbons (Fsp3) is 0.615. The molecule has 2 unspecified atom stereocenters. The first-order valence-corrected chi connectivity index (χ1v) is 5.99. The summed E-state index contributed by atoms with van der Waals surface area (Å²) in [5.74, 6) is 1.69. The van der Waals surface area contributed by atoms with Gasteiger partial charge >= 0.3 is 0 Å². The smallest absolute Gasteiger partial charge is 0.0299 e. The van der Waals surface area contributed by atoms with Crippen LogP contribution in [-0.4, -0.2) is 18.1 Å². The van der Waals surface area contributed by atoms with Crippen molar-refractivity contribution in [3.05, 3.63) is 30.1 Å². The lowest BCUT2D eigenvalue weighted by Gasteiger charge is -2.31. The van der Waals surface area contributed by atoms with Gasteiger partial charge in [0.05, 0.1) is 0 Å². The van der Waals surface area contributed by atoms with Crippen LogP contribution in [0.25, 0.3) is 0 Å². The molecule has 2 nitrogen and oxygen atoms in total. The molecule has 0 aromatic carbocycles. The van der Waals surface area contributed by atoms with E-state index in [9.17, 15) is 0 Å². The van der Waals surface area contributed by atoms with E-state index in [2.05, 4.69) is 23.3 Å². The zero-order valence-electron chi connectivity index (χ0n) is 9.45. The summed E-state index contributed by atoms with van der Waals surface area (Å²) in [4.78, 5) is 4.19. The SMILES string of the molecule is CCC1CNCCC1Cc1cccnc1. The van der Waals surface area contributed by atoms with Gasteiger partial charge in [-0.05, 0) is 49.4 Å². The second-order valence-electron chi connectivity index (χ2n) is 4.49. The second kappa shape index (κ2) is 5.26. The van der Waals surface area contributed by atoms with Crippen LogP contribution >= 0.6 is 0 Å². The van der Waals surface area contributed by atoms with Crippen LogP contribution in [-0.2, 0) is 6.42 Å². The Labute approximate surface area is 92.1 Å². The minimum atomic E-state index is 0.846. The van der Waals surface area contributed by atoms with Crippen LogP contribution < -0.4 is 5.32 Å². The highest BCUT2D eigenvalue weighted by molar-refractivity contribution is 5.09. The molecule has 1 aliphatic heterocycles. The van der Waals surface area contributed by atoms with Crippen molar-refractivity contribution < 1.29 is 0 Å². The summed E-state index contributed by atoms with van der Waals surface area (Å²) >= 11 is 0. The Morgan fingerprint density at radius 1 is 1.47 bits per heavy atom. The molecule has 2 atom stereocenters. The molecule has 0 radical (unpaired) electrons. The van der Waals surface area contributed by atoms with Gasteiger partial charge in [0.25, 0.3) is 0 Å². The first-order valence-electron chi connectivity index (χ1n) is 5.99. The van der Waals surface area contributed by atoms with Gasteiger partial charge in [0, 0.05) is 12.4 Å². The zero-order valence-corrected chi connectivity index (χ0v) is 9.45. The van der Waals surface area contributed by atoms with E-state index in [-0.39, 0.29) is 0 Å². The fourth-order valence-electron chi connectivity index (χ4n) is 2.55. The largest absolute Gasteiger partial charge is 0.316 e. The normalized spacial score (nSPS) is 26.5. The number of piperidine rings is 1. The van der Waals surface area contributed by atoms with Gasteiger partial charge in [0.1, 0.15) is 0 Å². The molecular weight excluding hydrogens is 184 g/mol. The molecule has 2 heterocycles. The van der Waals surface area contributed by atoms with Crippen molar-refractivity contribution in [2.75, 3.05) is 13.1 Å². The Hall–Kier alpha value is -0.890. The molecule has 0 bridgehead atoms. The minimum absolute atomic E-state index is 0.846. The van der Waals surface area contributed by atoms with E-state index < -0.39 is 0 Å². The fourth-order valence-corrected chi connectivity index (χ4v) is 2.55. The third kappa shape index (κ3) is 2.78. The third-order valence-electron chi connectivity index (χ3n) is 3.51. The van der Waals surface area contributed by atoms with E-state index in [1.807, 2.05) is 18.5 Å². The summed E-state index contributed by atoms with van der Waals surface area (Å²) in [6.45, 7) is 4.68. The Balaban J connectivity index is 1.97. The van der Waals surface area contributed by atoms with Crippen molar-refractivity contribution in [2.45, 2.75) is 26.2 Å². The maximum atomic E-state index is 4.19. The van der Waals surface area contributed by atoms with Crippen LogP contribution in [0.5, 0.6) is 0 Å². The Morgan fingerprint density at radius 2 is 2.40 bits per heavy atom. The van der Waals surface area contributed by atoms with E-state index in [1.54, 1.807) is 0 Å². The molecule has 15 heavy (non-hydrogen) atoms. The summed E-state index contributed by atoms with van der Waals surface area (Å²) < 4.78 is 0. The van der Waals surface area contributed by atoms with E-state index in [1.165, 1.54) is 37.9 Å². The van der Waals surface area contributed by atoms with Gasteiger partial charge in [-0.15, -0.1) is 0 Å². The molecule has 1 aromatic heterocycles. The monoisotopic (exact) mass is 204 g/mol. The molecule has 82 valence electrons. The molecule has 0 saturated carbocycles. The summed E-state index contributed by atoms with van der Waals surface area (Å²) in [6, 6.07) is 4.24. The highest BCUT2D eigenvalue weighted by Crippen LogP contribution is 2.25. The van der Waals surface area contributed by atoms with Crippen LogP contribution in [0.15, 0.2) is 24.5 Å². The van der Waals surface area contributed by atoms with Gasteiger partial charge in [0.15, 0.2) is 0 Å². The minimum Gasteiger partial charge on any atom is -0.316 e. The maximum absolute atomic E-state index is 4.19. The molecule has 1 fully saturated rings. The molecule has 0 spiro atoms. The quantitative estimate of drug-likeness (QED) is 0.817. The van der Waals surface area contributed by atoms with Gasteiger partial charge in [-0.3, -0.25) is 4.98 Å². The van der Waals surface area contributed by atoms with Crippen LogP contribution in [0, 0.1) is 11.8 Å². The van der Waals surface area contributed by atoms with Gasteiger partial charge in [-0.1, -0.05) is 19.4 Å². The van der Waals surface area contributed by atoms with E-state index in [0.29, 0.717) is 0 Å². The molecule has 1 N–H and O–H groups in total. The molecular formula is C13H20N2. The molecule has 1 aromatic rings. The number of hydrogen-bond acceptors (Lipinski definition) is 2. The zero-order chi connectivity index (χ0) is 10.5. The third-order valence-corrected chi connectivity index (χ3v) is 3.51. The Kier molecular flexibility index (Phi) is 3.73. The van der Waals surface area contributed by atoms with E-state index in [4.69, 9.17) is 0 Å². The molecule has 2 rings (SSSR count). The first-order chi connectivity index (χ1) is 7.40. The summed E-state index contributed by atoms with van der Waals surface area (Å²) in [6.07, 6.45) is 7.66. The second-order valence-corrected chi connectivity index (χ2v) is 4.49. The number of pyridine rings is 1. The Bertz CT molecular complexity index is 284. The van der Waals surface area contributed by atoms with Crippen molar-refractivity contribution >= 4 is 0 Å². The van der Waals surface area contributed by atoms with Crippen molar-refractivity contribution in [1.82, 2.24) is 10.3 Å². The lowest BCUT2D eigenvalue weighted by molar-refractivity contribution is 0.246. The van der Waals surface area contributed by atoms with Gasteiger partial charge in [0.2, 0.25) is 0 Å². The standard InChI is InChI=1S/C13H20N2/c1-2-12-10-15-7-5-13(12)8-11-4-3-6-14-9-11/h3-4,6,9,12-13,15H,2,5,7-8,10H2,1H3. The highest BCUT2D eigenvalue weighted by atomic mass is 14.9. The number of aromatic nitrogens is 1. The number of hydrogen-bond donors (Lipinski definition) is 1. The van der Waals surface area contributed by atoms with Gasteiger partial charge in [-0.2, -0.15) is 0 Å². The average molecular weight is 204 g/mol. The van der Waals surface area contributed by atoms with Crippen LogP contribution in [0.2, 0.25) is 0 Å². The van der Waals surface area contributed by atoms with Crippen molar-refractivity contribution in [3.63, 3.8) is 0 Å². The summed E-state index contributed by atoms with van der Waals surface area (Å²) in [7, 11) is 0. The van der Waals surface area contributed by atoms with Crippen LogP contribution in [0.1, 0.15) is 25.3 Å². The summed E-state index contributed by atoms with van der Waals surface area (Å²) in [5, 5.41) is 3.49. The predicted octanol–water partition coefficient (Wildman–Crippen LogP) is 2.26. The molecule has 1 aliphatic rings. The molecule has 2 heteroatoms. The predicted molar refractivity (Wildman–Crippen MR) is 62.7 cm³/mol. The topological polar surface area (TPSA) is 24.9 Å². The maximum Gasteiger partial charge on any atom is 0.0299 e. The van der Waals surface area contributed by atoms with Crippen molar-refractivity contribution in [3.8, 4) is 0 Å². The van der Waals surface area contributed by atoms with Gasteiger partial charge < -0.3 is 5.32 Å². The van der Waals surface area contributed by atoms with Crippen molar-refractivity contribution in [2.24, 2.45) is 11.8 Å². The molecule has 1 saturated heterocycles. The van der Waals surface area contributed by atoms with Crippen LogP contribution in [0.3, 0.4) is 0 Å². The lowest BCUT2D eigenvalue weighted by Crippen LogP contribution is -2.37. The van der Waals surface area contributed by atoms with E-state index >= 15 is 0 Å². The number of rotatable bonds is 3. The first kappa shape index (κ1) is 10.6. The average Bonchev–Trinajstić information content (AvgIpc) is 2.31. The van der Waals surface area contributed by atoms with Crippen LogP contribution in [0.4, 0.5) is 0 Å². The highest BCUT2D eigenvalue weighted by Gasteiger charge is 2.23. The molecule has 0 aliphatic carbocycles. The Morgan fingerprint density at radius 3 is 3.13 bits per heavy atom. The number of nitrogens with zero attached hydrogens (tertiary/aromatic N) is 1. The van der Waals surface area contributed by atoms with Crippen molar-refractivity contribution in [1.29, 1.82) is 0 Å².